The Balaban J connectivity index is 1.76. The molecule has 1 aliphatic heterocycles. The van der Waals surface area contributed by atoms with Crippen LogP contribution in [0.2, 0.25) is 0 Å². The lowest BCUT2D eigenvalue weighted by molar-refractivity contribution is -0.0421. The Morgan fingerprint density at radius 1 is 1.00 bits per heavy atom. The molecular weight excluding hydrogens is 365 g/mol. The zero-order chi connectivity index (χ0) is 20.1. The van der Waals surface area contributed by atoms with E-state index in [-0.39, 0.29) is 17.2 Å². The molecule has 0 N–H and O–H groups in total. The second-order valence-corrected chi connectivity index (χ2v) is 7.31. The first kappa shape index (κ1) is 20.9. The van der Waals surface area contributed by atoms with Crippen molar-refractivity contribution in [3.63, 3.8) is 0 Å². The van der Waals surface area contributed by atoms with Crippen molar-refractivity contribution in [3.8, 4) is 11.1 Å². The van der Waals surface area contributed by atoms with E-state index in [1.807, 2.05) is 13.8 Å². The van der Waals surface area contributed by atoms with Crippen molar-refractivity contribution >= 4 is 0 Å². The summed E-state index contributed by atoms with van der Waals surface area (Å²) in [7, 11) is 0. The Kier molecular flexibility index (Phi) is 7.13. The lowest BCUT2D eigenvalue weighted by atomic mass is 9.93. The highest BCUT2D eigenvalue weighted by molar-refractivity contribution is 5.66. The van der Waals surface area contributed by atoms with Gasteiger partial charge in [-0.15, -0.1) is 0 Å². The van der Waals surface area contributed by atoms with Crippen molar-refractivity contribution in [2.75, 3.05) is 19.8 Å². The third-order valence-corrected chi connectivity index (χ3v) is 5.26. The zero-order valence-electron chi connectivity index (χ0n) is 16.4. The van der Waals surface area contributed by atoms with Gasteiger partial charge in [0, 0.05) is 23.7 Å². The average molecular weight is 392 g/mol. The molecule has 1 heterocycles. The largest absolute Gasteiger partial charge is 0.381 e. The Morgan fingerprint density at radius 3 is 2.43 bits per heavy atom. The molecule has 1 fully saturated rings. The van der Waals surface area contributed by atoms with E-state index in [2.05, 4.69) is 0 Å². The fourth-order valence-electron chi connectivity index (χ4n) is 3.69. The van der Waals surface area contributed by atoms with Crippen LogP contribution in [0.25, 0.3) is 11.1 Å². The summed E-state index contributed by atoms with van der Waals surface area (Å²) in [5.74, 6) is -2.10. The van der Waals surface area contributed by atoms with Crippen LogP contribution >= 0.6 is 0 Å². The van der Waals surface area contributed by atoms with Gasteiger partial charge in [0.2, 0.25) is 0 Å². The quantitative estimate of drug-likeness (QED) is 0.556. The summed E-state index contributed by atoms with van der Waals surface area (Å²) in [6.07, 6.45) is 2.71. The van der Waals surface area contributed by atoms with Crippen molar-refractivity contribution in [2.24, 2.45) is 5.92 Å². The molecule has 0 saturated carbocycles. The molecule has 2 unspecified atom stereocenters. The maximum Gasteiger partial charge on any atom is 0.167 e. The predicted molar refractivity (Wildman–Crippen MR) is 104 cm³/mol. The smallest absolute Gasteiger partial charge is 0.167 e. The lowest BCUT2D eigenvalue weighted by Gasteiger charge is -2.29. The molecule has 152 valence electrons. The van der Waals surface area contributed by atoms with Crippen LogP contribution in [0.1, 0.15) is 50.3 Å². The van der Waals surface area contributed by atoms with Crippen LogP contribution in [0.15, 0.2) is 30.3 Å². The van der Waals surface area contributed by atoms with Crippen LogP contribution in [0, 0.1) is 23.4 Å². The molecule has 3 rings (SSSR count). The highest BCUT2D eigenvalue weighted by Gasteiger charge is 2.24. The minimum atomic E-state index is -0.995. The van der Waals surface area contributed by atoms with E-state index in [1.165, 1.54) is 24.3 Å². The Labute approximate surface area is 164 Å². The highest BCUT2D eigenvalue weighted by Crippen LogP contribution is 2.34. The second-order valence-electron chi connectivity index (χ2n) is 7.31. The fraction of sp³-hybridized carbons (Fsp3) is 0.478. The van der Waals surface area contributed by atoms with E-state index < -0.39 is 17.5 Å². The van der Waals surface area contributed by atoms with Gasteiger partial charge in [-0.1, -0.05) is 37.6 Å². The molecule has 0 aliphatic carbocycles. The van der Waals surface area contributed by atoms with Crippen LogP contribution in [0.3, 0.4) is 0 Å². The summed E-state index contributed by atoms with van der Waals surface area (Å²) < 4.78 is 54.8. The summed E-state index contributed by atoms with van der Waals surface area (Å²) in [5, 5.41) is 0. The maximum atomic E-state index is 14.7. The number of rotatable bonds is 7. The average Bonchev–Trinajstić information content (AvgIpc) is 2.71. The number of aryl methyl sites for hydroxylation is 1. The van der Waals surface area contributed by atoms with Crippen molar-refractivity contribution in [1.82, 2.24) is 0 Å². The molecule has 2 atom stereocenters. The molecule has 2 nitrogen and oxygen atoms in total. The van der Waals surface area contributed by atoms with Gasteiger partial charge in [0.25, 0.3) is 0 Å². The lowest BCUT2D eigenvalue weighted by Crippen LogP contribution is -2.24. The van der Waals surface area contributed by atoms with Crippen LogP contribution < -0.4 is 0 Å². The monoisotopic (exact) mass is 392 g/mol. The van der Waals surface area contributed by atoms with Crippen molar-refractivity contribution in [1.29, 1.82) is 0 Å². The number of hydrogen-bond acceptors (Lipinski definition) is 2. The summed E-state index contributed by atoms with van der Waals surface area (Å²) >= 11 is 0. The van der Waals surface area contributed by atoms with Gasteiger partial charge in [0.05, 0.1) is 19.3 Å². The molecule has 1 aliphatic rings. The molecule has 0 spiro atoms. The molecule has 2 aromatic carbocycles. The molecule has 5 heteroatoms. The third kappa shape index (κ3) is 4.58. The third-order valence-electron chi connectivity index (χ3n) is 5.26. The van der Waals surface area contributed by atoms with Crippen molar-refractivity contribution in [2.45, 2.75) is 45.6 Å². The Hall–Kier alpha value is -1.85. The van der Waals surface area contributed by atoms with Crippen LogP contribution in [-0.2, 0) is 15.9 Å². The van der Waals surface area contributed by atoms with Gasteiger partial charge >= 0.3 is 0 Å². The van der Waals surface area contributed by atoms with E-state index in [0.717, 1.165) is 18.4 Å². The van der Waals surface area contributed by atoms with Gasteiger partial charge in [-0.25, -0.2) is 13.2 Å². The minimum absolute atomic E-state index is 0.0530. The SMILES string of the molecule is CCCc1ccc(-c2ccc(C3CCC(COCC)CO3)cc2F)c(F)c1F. The van der Waals surface area contributed by atoms with E-state index in [9.17, 15) is 13.2 Å². The fourth-order valence-corrected chi connectivity index (χ4v) is 3.69. The van der Waals surface area contributed by atoms with Crippen LogP contribution in [-0.4, -0.2) is 19.8 Å². The van der Waals surface area contributed by atoms with Gasteiger partial charge in [-0.05, 0) is 43.4 Å². The van der Waals surface area contributed by atoms with Crippen molar-refractivity contribution < 1.29 is 22.6 Å². The summed E-state index contributed by atoms with van der Waals surface area (Å²) in [6, 6.07) is 7.62. The number of ether oxygens (including phenoxy) is 2. The predicted octanol–water partition coefficient (Wildman–Crippen LogP) is 6.23. The highest BCUT2D eigenvalue weighted by atomic mass is 19.2. The summed E-state index contributed by atoms with van der Waals surface area (Å²) in [5.41, 5.74) is 1.05. The van der Waals surface area contributed by atoms with Crippen LogP contribution in [0.4, 0.5) is 13.2 Å². The molecule has 0 bridgehead atoms. The topological polar surface area (TPSA) is 18.5 Å². The molecule has 0 radical (unpaired) electrons. The van der Waals surface area contributed by atoms with Crippen molar-refractivity contribution in [3.05, 3.63) is 58.9 Å². The molecule has 1 saturated heterocycles. The van der Waals surface area contributed by atoms with Gasteiger partial charge in [0.15, 0.2) is 11.6 Å². The number of hydrogen-bond donors (Lipinski definition) is 0. The van der Waals surface area contributed by atoms with Gasteiger partial charge in [-0.2, -0.15) is 0 Å². The molecule has 2 aromatic rings. The first-order chi connectivity index (χ1) is 13.5. The second kappa shape index (κ2) is 9.57. The Morgan fingerprint density at radius 2 is 1.79 bits per heavy atom. The maximum absolute atomic E-state index is 14.7. The Bertz CT molecular complexity index is 799. The molecule has 0 amide bonds. The first-order valence-electron chi connectivity index (χ1n) is 10.0. The molecular formula is C23H27F3O2. The van der Waals surface area contributed by atoms with Gasteiger partial charge in [-0.3, -0.25) is 0 Å². The van der Waals surface area contributed by atoms with Gasteiger partial charge < -0.3 is 9.47 Å². The summed E-state index contributed by atoms with van der Waals surface area (Å²) in [6.45, 7) is 5.80. The number of halogens is 3. The van der Waals surface area contributed by atoms with E-state index in [0.29, 0.717) is 44.1 Å². The van der Waals surface area contributed by atoms with E-state index >= 15 is 0 Å². The standard InChI is InChI=1S/C23H27F3O2/c1-3-5-16-7-10-19(23(26)22(16)25)18-9-8-17(12-20(18)24)21-11-6-15(14-28-21)13-27-4-2/h7-10,12,15,21H,3-6,11,13-14H2,1-2H3. The summed E-state index contributed by atoms with van der Waals surface area (Å²) in [4.78, 5) is 0. The molecule has 0 aromatic heterocycles. The zero-order valence-corrected chi connectivity index (χ0v) is 16.4. The number of benzene rings is 2. The minimum Gasteiger partial charge on any atom is -0.381 e. The molecule has 28 heavy (non-hydrogen) atoms. The van der Waals surface area contributed by atoms with Crippen LogP contribution in [0.5, 0.6) is 0 Å². The van der Waals surface area contributed by atoms with Gasteiger partial charge in [0.1, 0.15) is 5.82 Å². The van der Waals surface area contributed by atoms with E-state index in [1.54, 1.807) is 6.07 Å². The first-order valence-corrected chi connectivity index (χ1v) is 10.0. The van der Waals surface area contributed by atoms with E-state index in [4.69, 9.17) is 9.47 Å². The normalized spacial score (nSPS) is 19.8.